The van der Waals surface area contributed by atoms with Gasteiger partial charge in [-0.15, -0.1) is 0 Å². The molecule has 4 heteroatoms. The van der Waals surface area contributed by atoms with Crippen LogP contribution < -0.4 is 0 Å². The molecule has 3 rings (SSSR count). The van der Waals surface area contributed by atoms with E-state index in [0.717, 1.165) is 16.5 Å². The van der Waals surface area contributed by atoms with Crippen molar-refractivity contribution in [1.82, 2.24) is 0 Å². The molecule has 0 saturated carbocycles. The van der Waals surface area contributed by atoms with Crippen LogP contribution in [-0.2, 0) is 19.3 Å². The van der Waals surface area contributed by atoms with E-state index in [0.29, 0.717) is 18.4 Å². The fourth-order valence-electron chi connectivity index (χ4n) is 3.00. The maximum Gasteiger partial charge on any atom is 0.145 e. The minimum Gasteiger partial charge on any atom is -0.389 e. The zero-order valence-corrected chi connectivity index (χ0v) is 13.7. The first-order chi connectivity index (χ1) is 9.97. The monoisotopic (exact) mass is 368 g/mol. The molecule has 1 aliphatic rings. The molecule has 21 heavy (non-hydrogen) atoms. The Morgan fingerprint density at radius 3 is 2.86 bits per heavy atom. The largest absolute Gasteiger partial charge is 0.389 e. The Hall–Kier alpha value is -0.900. The van der Waals surface area contributed by atoms with Crippen molar-refractivity contribution in [3.05, 3.63) is 68.4 Å². The molecule has 0 aliphatic heterocycles. The van der Waals surface area contributed by atoms with Crippen molar-refractivity contribution in [2.24, 2.45) is 0 Å². The second kappa shape index (κ2) is 5.71. The molecule has 0 radical (unpaired) electrons. The lowest BCUT2D eigenvalue weighted by atomic mass is 9.77. The van der Waals surface area contributed by atoms with Crippen LogP contribution in [0.1, 0.15) is 23.1 Å². The Labute approximate surface area is 136 Å². The third-order valence-electron chi connectivity index (χ3n) is 4.10. The first-order valence-electron chi connectivity index (χ1n) is 6.89. The third-order valence-corrected chi connectivity index (χ3v) is 4.88. The average Bonchev–Trinajstić information content (AvgIpc) is 2.44. The van der Waals surface area contributed by atoms with Crippen LogP contribution >= 0.6 is 27.5 Å². The molecule has 2 aromatic carbocycles. The zero-order chi connectivity index (χ0) is 15.0. The van der Waals surface area contributed by atoms with E-state index in [1.165, 1.54) is 11.6 Å². The SMILES string of the molecule is OC1(Cc2cccc(Cl)c2F)CCc2cc(Br)ccc2C1. The quantitative estimate of drug-likeness (QED) is 0.813. The summed E-state index contributed by atoms with van der Waals surface area (Å²) in [4.78, 5) is 0. The second-order valence-electron chi connectivity index (χ2n) is 5.70. The second-order valence-corrected chi connectivity index (χ2v) is 7.03. The van der Waals surface area contributed by atoms with Gasteiger partial charge in [-0.25, -0.2) is 4.39 Å². The van der Waals surface area contributed by atoms with Gasteiger partial charge in [-0.1, -0.05) is 45.7 Å². The minimum absolute atomic E-state index is 0.108. The summed E-state index contributed by atoms with van der Waals surface area (Å²) in [5.74, 6) is -0.422. The van der Waals surface area contributed by atoms with Crippen LogP contribution in [0.3, 0.4) is 0 Å². The Morgan fingerprint density at radius 1 is 1.24 bits per heavy atom. The van der Waals surface area contributed by atoms with E-state index in [1.807, 2.05) is 12.1 Å². The summed E-state index contributed by atoms with van der Waals surface area (Å²) in [5.41, 5.74) is 1.95. The molecule has 110 valence electrons. The van der Waals surface area contributed by atoms with Crippen LogP contribution in [0, 0.1) is 5.82 Å². The molecule has 0 fully saturated rings. The van der Waals surface area contributed by atoms with Gasteiger partial charge in [0.15, 0.2) is 0 Å². The molecule has 1 aliphatic carbocycles. The number of halogens is 3. The highest BCUT2D eigenvalue weighted by Crippen LogP contribution is 2.34. The predicted molar refractivity (Wildman–Crippen MR) is 86.2 cm³/mol. The van der Waals surface area contributed by atoms with Crippen LogP contribution in [0.25, 0.3) is 0 Å². The third kappa shape index (κ3) is 3.15. The molecule has 0 saturated heterocycles. The van der Waals surface area contributed by atoms with Crippen molar-refractivity contribution in [2.75, 3.05) is 0 Å². The number of hydrogen-bond donors (Lipinski definition) is 1. The Balaban J connectivity index is 1.86. The summed E-state index contributed by atoms with van der Waals surface area (Å²) in [7, 11) is 0. The van der Waals surface area contributed by atoms with Crippen molar-refractivity contribution in [1.29, 1.82) is 0 Å². The van der Waals surface area contributed by atoms with E-state index in [9.17, 15) is 9.50 Å². The summed E-state index contributed by atoms with van der Waals surface area (Å²) in [6, 6.07) is 11.0. The fraction of sp³-hybridized carbons (Fsp3) is 0.294. The summed E-state index contributed by atoms with van der Waals surface area (Å²) >= 11 is 9.28. The van der Waals surface area contributed by atoms with Crippen molar-refractivity contribution in [2.45, 2.75) is 31.3 Å². The molecule has 0 spiro atoms. The van der Waals surface area contributed by atoms with Crippen molar-refractivity contribution >= 4 is 27.5 Å². The molecule has 0 bridgehead atoms. The molecular formula is C17H15BrClFO. The first-order valence-corrected chi connectivity index (χ1v) is 8.06. The number of hydrogen-bond acceptors (Lipinski definition) is 1. The van der Waals surface area contributed by atoms with Gasteiger partial charge < -0.3 is 5.11 Å². The van der Waals surface area contributed by atoms with Gasteiger partial charge in [-0.3, -0.25) is 0 Å². The highest BCUT2D eigenvalue weighted by atomic mass is 79.9. The number of benzene rings is 2. The highest BCUT2D eigenvalue weighted by Gasteiger charge is 2.33. The van der Waals surface area contributed by atoms with Crippen molar-refractivity contribution < 1.29 is 9.50 Å². The molecule has 1 nitrogen and oxygen atoms in total. The van der Waals surface area contributed by atoms with Crippen LogP contribution in [-0.4, -0.2) is 10.7 Å². The van der Waals surface area contributed by atoms with Crippen molar-refractivity contribution in [3.63, 3.8) is 0 Å². The summed E-state index contributed by atoms with van der Waals surface area (Å²) < 4.78 is 15.1. The van der Waals surface area contributed by atoms with E-state index >= 15 is 0 Å². The van der Waals surface area contributed by atoms with Crippen LogP contribution in [0.4, 0.5) is 4.39 Å². The standard InChI is InChI=1S/C17H15BrClFO/c18-14-5-4-12-9-17(21,7-6-11(12)8-14)10-13-2-1-3-15(19)16(13)20/h1-5,8,21H,6-7,9-10H2. The smallest absolute Gasteiger partial charge is 0.145 e. The van der Waals surface area contributed by atoms with Gasteiger partial charge in [0, 0.05) is 17.3 Å². The highest BCUT2D eigenvalue weighted by molar-refractivity contribution is 9.10. The Bertz CT molecular complexity index is 688. The van der Waals surface area contributed by atoms with E-state index < -0.39 is 11.4 Å². The Kier molecular flexibility index (Phi) is 4.08. The first kappa shape index (κ1) is 15.0. The van der Waals surface area contributed by atoms with E-state index in [1.54, 1.807) is 12.1 Å². The molecule has 0 heterocycles. The average molecular weight is 370 g/mol. The van der Waals surface area contributed by atoms with Crippen LogP contribution in [0.5, 0.6) is 0 Å². The Morgan fingerprint density at radius 2 is 2.05 bits per heavy atom. The van der Waals surface area contributed by atoms with E-state index in [4.69, 9.17) is 11.6 Å². The number of rotatable bonds is 2. The van der Waals surface area contributed by atoms with E-state index in [-0.39, 0.29) is 11.4 Å². The lowest BCUT2D eigenvalue weighted by Crippen LogP contribution is -2.38. The van der Waals surface area contributed by atoms with Crippen molar-refractivity contribution in [3.8, 4) is 0 Å². The molecule has 1 unspecified atom stereocenters. The van der Waals surface area contributed by atoms with Gasteiger partial charge >= 0.3 is 0 Å². The topological polar surface area (TPSA) is 20.2 Å². The molecule has 1 atom stereocenters. The van der Waals surface area contributed by atoms with Gasteiger partial charge in [0.1, 0.15) is 5.82 Å². The van der Waals surface area contributed by atoms with Crippen LogP contribution in [0.2, 0.25) is 5.02 Å². The van der Waals surface area contributed by atoms with Crippen LogP contribution in [0.15, 0.2) is 40.9 Å². The van der Waals surface area contributed by atoms with Gasteiger partial charge in [0.25, 0.3) is 0 Å². The lowest BCUT2D eigenvalue weighted by Gasteiger charge is -2.34. The maximum atomic E-state index is 14.0. The number of aryl methyl sites for hydroxylation is 1. The molecule has 1 N–H and O–H groups in total. The van der Waals surface area contributed by atoms with Gasteiger partial charge in [0.2, 0.25) is 0 Å². The predicted octanol–water partition coefficient (Wildman–Crippen LogP) is 4.70. The molecule has 0 aromatic heterocycles. The van der Waals surface area contributed by atoms with Gasteiger partial charge in [0.05, 0.1) is 10.6 Å². The minimum atomic E-state index is -0.910. The number of fused-ring (bicyclic) bond motifs is 1. The van der Waals surface area contributed by atoms with Gasteiger partial charge in [-0.05, 0) is 47.7 Å². The lowest BCUT2D eigenvalue weighted by molar-refractivity contribution is 0.0259. The van der Waals surface area contributed by atoms with Gasteiger partial charge in [-0.2, -0.15) is 0 Å². The molecular weight excluding hydrogens is 355 g/mol. The van der Waals surface area contributed by atoms with E-state index in [2.05, 4.69) is 22.0 Å². The zero-order valence-electron chi connectivity index (χ0n) is 11.4. The summed E-state index contributed by atoms with van der Waals surface area (Å²) in [6.07, 6.45) is 2.26. The molecule has 0 amide bonds. The summed E-state index contributed by atoms with van der Waals surface area (Å²) in [5, 5.41) is 10.9. The molecule has 2 aromatic rings. The maximum absolute atomic E-state index is 14.0. The summed E-state index contributed by atoms with van der Waals surface area (Å²) in [6.45, 7) is 0. The fourth-order valence-corrected chi connectivity index (χ4v) is 3.60. The number of aliphatic hydroxyl groups is 1. The normalized spacial score (nSPS) is 21.1.